The van der Waals surface area contributed by atoms with Crippen LogP contribution in [0.5, 0.6) is 0 Å². The van der Waals surface area contributed by atoms with Crippen LogP contribution in [0.4, 0.5) is 0 Å². The highest BCUT2D eigenvalue weighted by Gasteiger charge is 2.19. The van der Waals surface area contributed by atoms with Crippen molar-refractivity contribution in [3.05, 3.63) is 50.7 Å². The summed E-state index contributed by atoms with van der Waals surface area (Å²) in [7, 11) is 1.99. The molecule has 0 aliphatic carbocycles. The van der Waals surface area contributed by atoms with Crippen molar-refractivity contribution < 1.29 is 0 Å². The molecule has 0 aliphatic rings. The number of halogens is 2. The number of hydrogen-bond donors (Lipinski definition) is 1. The molecule has 2 aromatic rings. The first kappa shape index (κ1) is 16.5. The molecule has 1 N–H and O–H groups in total. The quantitative estimate of drug-likeness (QED) is 0.830. The van der Waals surface area contributed by atoms with Crippen LogP contribution in [0.15, 0.2) is 28.7 Å². The molecule has 0 fully saturated rings. The second kappa shape index (κ2) is 7.43. The van der Waals surface area contributed by atoms with Crippen molar-refractivity contribution in [2.75, 3.05) is 13.1 Å². The summed E-state index contributed by atoms with van der Waals surface area (Å²) in [6.45, 7) is 5.99. The van der Waals surface area contributed by atoms with Crippen LogP contribution >= 0.6 is 27.5 Å². The van der Waals surface area contributed by atoms with Crippen LogP contribution < -0.4 is 5.32 Å². The third-order valence-electron chi connectivity index (χ3n) is 3.69. The molecular weight excluding hydrogens is 350 g/mol. The van der Waals surface area contributed by atoms with E-state index >= 15 is 0 Å². The van der Waals surface area contributed by atoms with Crippen molar-refractivity contribution >= 4 is 27.5 Å². The predicted octanol–water partition coefficient (Wildman–Crippen LogP) is 4.08. The number of aryl methyl sites for hydroxylation is 2. The molecule has 1 heterocycles. The Hall–Kier alpha value is -0.840. The van der Waals surface area contributed by atoms with Crippen LogP contribution in [-0.2, 0) is 13.5 Å². The molecule has 0 aliphatic heterocycles. The minimum absolute atomic E-state index is 0.324. The van der Waals surface area contributed by atoms with E-state index in [4.69, 9.17) is 11.6 Å². The molecule has 1 atom stereocenters. The summed E-state index contributed by atoms with van der Waals surface area (Å²) in [5, 5.41) is 8.74. The highest BCUT2D eigenvalue weighted by molar-refractivity contribution is 9.10. The normalized spacial score (nSPS) is 12.6. The number of likely N-dealkylation sites (N-methyl/N-ethyl adjacent to an activating group) is 1. The van der Waals surface area contributed by atoms with E-state index in [0.717, 1.165) is 34.7 Å². The topological polar surface area (TPSA) is 29.9 Å². The first-order chi connectivity index (χ1) is 10.0. The largest absolute Gasteiger partial charge is 0.316 e. The molecule has 0 spiro atoms. The molecule has 2 rings (SSSR count). The molecule has 21 heavy (non-hydrogen) atoms. The van der Waals surface area contributed by atoms with Gasteiger partial charge in [0.1, 0.15) is 0 Å². The Morgan fingerprint density at radius 2 is 2.10 bits per heavy atom. The van der Waals surface area contributed by atoms with E-state index in [0.29, 0.717) is 5.92 Å². The van der Waals surface area contributed by atoms with Gasteiger partial charge >= 0.3 is 0 Å². The Kier molecular flexibility index (Phi) is 5.85. The average Bonchev–Trinajstić information content (AvgIpc) is 2.70. The lowest BCUT2D eigenvalue weighted by molar-refractivity contribution is 0.569. The van der Waals surface area contributed by atoms with E-state index in [1.54, 1.807) is 0 Å². The zero-order valence-corrected chi connectivity index (χ0v) is 15.0. The Morgan fingerprint density at radius 3 is 2.67 bits per heavy atom. The number of nitrogens with zero attached hydrogens (tertiary/aromatic N) is 2. The average molecular weight is 371 g/mol. The van der Waals surface area contributed by atoms with Gasteiger partial charge in [0.25, 0.3) is 0 Å². The Balaban J connectivity index is 2.31. The molecule has 1 aromatic heterocycles. The Morgan fingerprint density at radius 1 is 1.38 bits per heavy atom. The smallest absolute Gasteiger partial charge is 0.0738 e. The molecule has 0 saturated carbocycles. The predicted molar refractivity (Wildman–Crippen MR) is 92.1 cm³/mol. The summed E-state index contributed by atoms with van der Waals surface area (Å²) in [4.78, 5) is 0. The molecule has 0 saturated heterocycles. The monoisotopic (exact) mass is 369 g/mol. The Bertz CT molecular complexity index is 610. The molecule has 1 unspecified atom stereocenters. The maximum Gasteiger partial charge on any atom is 0.0738 e. The van der Waals surface area contributed by atoms with Gasteiger partial charge in [0.2, 0.25) is 0 Å². The van der Waals surface area contributed by atoms with Gasteiger partial charge in [-0.05, 0) is 47.4 Å². The highest BCUT2D eigenvalue weighted by Crippen LogP contribution is 2.30. The van der Waals surface area contributed by atoms with Gasteiger partial charge in [-0.3, -0.25) is 4.68 Å². The highest BCUT2D eigenvalue weighted by atomic mass is 79.9. The van der Waals surface area contributed by atoms with Crippen LogP contribution in [0.3, 0.4) is 0 Å². The summed E-state index contributed by atoms with van der Waals surface area (Å²) in [5.41, 5.74) is 3.41. The molecule has 0 radical (unpaired) electrons. The van der Waals surface area contributed by atoms with E-state index < -0.39 is 0 Å². The fourth-order valence-electron chi connectivity index (χ4n) is 2.55. The Labute approximate surface area is 139 Å². The van der Waals surface area contributed by atoms with Crippen molar-refractivity contribution in [3.8, 4) is 0 Å². The van der Waals surface area contributed by atoms with Gasteiger partial charge in [-0.1, -0.05) is 36.7 Å². The first-order valence-electron chi connectivity index (χ1n) is 7.17. The lowest BCUT2D eigenvalue weighted by atomic mass is 9.93. The molecule has 0 amide bonds. The van der Waals surface area contributed by atoms with Gasteiger partial charge < -0.3 is 5.32 Å². The molecule has 5 heteroatoms. The van der Waals surface area contributed by atoms with Gasteiger partial charge in [0.05, 0.1) is 15.9 Å². The van der Waals surface area contributed by atoms with Crippen LogP contribution in [0, 0.1) is 6.92 Å². The van der Waals surface area contributed by atoms with Crippen molar-refractivity contribution in [3.63, 3.8) is 0 Å². The molecule has 0 bridgehead atoms. The van der Waals surface area contributed by atoms with E-state index in [1.165, 1.54) is 11.3 Å². The third-order valence-corrected chi connectivity index (χ3v) is 5.06. The van der Waals surface area contributed by atoms with Gasteiger partial charge in [-0.25, -0.2) is 0 Å². The second-order valence-corrected chi connectivity index (χ2v) is 6.40. The summed E-state index contributed by atoms with van der Waals surface area (Å²) in [6, 6.07) is 8.09. The van der Waals surface area contributed by atoms with Crippen LogP contribution in [-0.4, -0.2) is 22.9 Å². The molecule has 114 valence electrons. The third kappa shape index (κ3) is 3.87. The van der Waals surface area contributed by atoms with E-state index in [9.17, 15) is 0 Å². The van der Waals surface area contributed by atoms with Gasteiger partial charge in [0, 0.05) is 24.5 Å². The lowest BCUT2D eigenvalue weighted by Gasteiger charge is -2.19. The fourth-order valence-corrected chi connectivity index (χ4v) is 3.34. The minimum atomic E-state index is 0.324. The second-order valence-electron chi connectivity index (χ2n) is 5.20. The number of benzene rings is 1. The maximum atomic E-state index is 6.39. The SMILES string of the molecule is CCNCC(Cc1c(Br)c(C)nn1C)c1ccccc1Cl. The van der Waals surface area contributed by atoms with Crippen LogP contribution in [0.25, 0.3) is 0 Å². The zero-order chi connectivity index (χ0) is 15.4. The number of hydrogen-bond acceptors (Lipinski definition) is 2. The fraction of sp³-hybridized carbons (Fsp3) is 0.438. The minimum Gasteiger partial charge on any atom is -0.316 e. The van der Waals surface area contributed by atoms with E-state index in [2.05, 4.69) is 39.3 Å². The number of rotatable bonds is 6. The summed E-state index contributed by atoms with van der Waals surface area (Å²) >= 11 is 10.0. The van der Waals surface area contributed by atoms with Crippen LogP contribution in [0.2, 0.25) is 5.02 Å². The maximum absolute atomic E-state index is 6.39. The zero-order valence-electron chi connectivity index (χ0n) is 12.7. The lowest BCUT2D eigenvalue weighted by Crippen LogP contribution is -2.23. The van der Waals surface area contributed by atoms with Crippen LogP contribution in [0.1, 0.15) is 29.8 Å². The van der Waals surface area contributed by atoms with E-state index in [-0.39, 0.29) is 0 Å². The summed E-state index contributed by atoms with van der Waals surface area (Å²) < 4.78 is 3.05. The number of nitrogens with one attached hydrogen (secondary N) is 1. The summed E-state index contributed by atoms with van der Waals surface area (Å²) in [6.07, 6.45) is 0.897. The van der Waals surface area contributed by atoms with Crippen molar-refractivity contribution in [2.45, 2.75) is 26.2 Å². The van der Waals surface area contributed by atoms with Crippen molar-refractivity contribution in [1.82, 2.24) is 15.1 Å². The van der Waals surface area contributed by atoms with Gasteiger partial charge in [0.15, 0.2) is 0 Å². The standard InChI is InChI=1S/C16H21BrClN3/c1-4-19-10-12(13-7-5-6-8-14(13)18)9-15-16(17)11(2)20-21(15)3/h5-8,12,19H,4,9-10H2,1-3H3. The van der Waals surface area contributed by atoms with E-state index in [1.807, 2.05) is 36.9 Å². The molecule has 3 nitrogen and oxygen atoms in total. The van der Waals surface area contributed by atoms with Gasteiger partial charge in [-0.15, -0.1) is 0 Å². The first-order valence-corrected chi connectivity index (χ1v) is 8.34. The van der Waals surface area contributed by atoms with Crippen molar-refractivity contribution in [1.29, 1.82) is 0 Å². The molecular formula is C16H21BrClN3. The summed E-state index contributed by atoms with van der Waals surface area (Å²) in [5.74, 6) is 0.324. The van der Waals surface area contributed by atoms with Gasteiger partial charge in [-0.2, -0.15) is 5.10 Å². The van der Waals surface area contributed by atoms with Crippen molar-refractivity contribution in [2.24, 2.45) is 7.05 Å². The number of aromatic nitrogens is 2. The molecule has 1 aromatic carbocycles.